The van der Waals surface area contributed by atoms with E-state index in [2.05, 4.69) is 17.6 Å². The molecule has 0 saturated heterocycles. The maximum absolute atomic E-state index is 12.2. The molecule has 6 heteroatoms. The van der Waals surface area contributed by atoms with Crippen molar-refractivity contribution in [2.75, 3.05) is 5.32 Å². The van der Waals surface area contributed by atoms with Crippen LogP contribution < -0.4 is 9.88 Å². The predicted molar refractivity (Wildman–Crippen MR) is 93.4 cm³/mol. The van der Waals surface area contributed by atoms with Crippen molar-refractivity contribution in [2.45, 2.75) is 32.2 Å². The Morgan fingerprint density at radius 1 is 1.04 bits per heavy atom. The third kappa shape index (κ3) is 3.97. The van der Waals surface area contributed by atoms with Gasteiger partial charge in [0.05, 0.1) is 20.8 Å². The Kier molecular flexibility index (Phi) is 5.10. The number of rotatable bonds is 3. The summed E-state index contributed by atoms with van der Waals surface area (Å²) in [6, 6.07) is 5.18. The van der Waals surface area contributed by atoms with Crippen LogP contribution in [0.4, 0.5) is 5.69 Å². The van der Waals surface area contributed by atoms with Crippen molar-refractivity contribution in [1.29, 1.82) is 0 Å². The Morgan fingerprint density at radius 2 is 1.74 bits per heavy atom. The van der Waals surface area contributed by atoms with Gasteiger partial charge in [-0.3, -0.25) is 4.79 Å². The fraction of sp³-hybridized carbons (Fsp3) is 0.294. The number of halogens is 3. The van der Waals surface area contributed by atoms with Crippen molar-refractivity contribution in [1.82, 2.24) is 0 Å². The summed E-state index contributed by atoms with van der Waals surface area (Å²) < 4.78 is 1.89. The number of fused-ring (bicyclic) bond motifs is 1. The Hall–Kier alpha value is -1.29. The van der Waals surface area contributed by atoms with E-state index in [4.69, 9.17) is 34.8 Å². The summed E-state index contributed by atoms with van der Waals surface area (Å²) in [4.78, 5) is 12.2. The van der Waals surface area contributed by atoms with Crippen LogP contribution in [0, 0.1) is 0 Å². The molecule has 3 rings (SSSR count). The van der Waals surface area contributed by atoms with E-state index < -0.39 is 0 Å². The van der Waals surface area contributed by atoms with E-state index in [0.29, 0.717) is 20.8 Å². The molecule has 1 aliphatic rings. The zero-order valence-corrected chi connectivity index (χ0v) is 14.7. The van der Waals surface area contributed by atoms with Crippen molar-refractivity contribution < 1.29 is 9.36 Å². The third-order valence-corrected chi connectivity index (χ3v) is 4.99. The lowest BCUT2D eigenvalue weighted by molar-refractivity contribution is -0.684. The van der Waals surface area contributed by atoms with Crippen molar-refractivity contribution in [3.05, 3.63) is 56.8 Å². The molecule has 0 unspecified atom stereocenters. The highest BCUT2D eigenvalue weighted by Crippen LogP contribution is 2.32. The zero-order chi connectivity index (χ0) is 16.4. The third-order valence-electron chi connectivity index (χ3n) is 3.95. The number of carbonyl (C=O) groups is 1. The van der Waals surface area contributed by atoms with Crippen LogP contribution in [0.15, 0.2) is 30.6 Å². The monoisotopic (exact) mass is 369 g/mol. The molecule has 120 valence electrons. The van der Waals surface area contributed by atoms with Gasteiger partial charge in [0.25, 0.3) is 5.91 Å². The average molecular weight is 371 g/mol. The quantitative estimate of drug-likeness (QED) is 0.628. The molecule has 2 aromatic rings. The summed E-state index contributed by atoms with van der Waals surface area (Å²) in [5, 5.41) is 3.85. The number of pyridine rings is 1. The predicted octanol–water partition coefficient (Wildman–Crippen LogP) is 4.45. The molecule has 1 heterocycles. The molecule has 0 atom stereocenters. The Morgan fingerprint density at radius 3 is 2.52 bits per heavy atom. The summed E-state index contributed by atoms with van der Waals surface area (Å²) in [6.07, 6.45) is 8.66. The molecule has 1 aliphatic carbocycles. The maximum Gasteiger partial charge on any atom is 0.290 e. The topological polar surface area (TPSA) is 33.0 Å². The summed E-state index contributed by atoms with van der Waals surface area (Å²) in [5.74, 6) is -0.161. The van der Waals surface area contributed by atoms with Gasteiger partial charge in [-0.2, -0.15) is 4.57 Å². The van der Waals surface area contributed by atoms with Crippen LogP contribution in [0.5, 0.6) is 0 Å². The summed E-state index contributed by atoms with van der Waals surface area (Å²) in [5.41, 5.74) is 3.18. The van der Waals surface area contributed by atoms with Gasteiger partial charge in [0.15, 0.2) is 12.4 Å². The first-order valence-corrected chi connectivity index (χ1v) is 8.61. The fourth-order valence-electron chi connectivity index (χ4n) is 2.79. The van der Waals surface area contributed by atoms with Gasteiger partial charge in [-0.1, -0.05) is 34.8 Å². The van der Waals surface area contributed by atoms with Crippen LogP contribution in [0.1, 0.15) is 24.0 Å². The van der Waals surface area contributed by atoms with Gasteiger partial charge in [0.1, 0.15) is 0 Å². The van der Waals surface area contributed by atoms with E-state index in [1.54, 1.807) is 6.07 Å². The number of benzene rings is 1. The van der Waals surface area contributed by atoms with E-state index in [1.807, 2.05) is 10.8 Å². The van der Waals surface area contributed by atoms with Crippen LogP contribution in [0.2, 0.25) is 15.1 Å². The van der Waals surface area contributed by atoms with Gasteiger partial charge < -0.3 is 5.32 Å². The normalized spacial score (nSPS) is 13.5. The molecule has 3 nitrogen and oxygen atoms in total. The molecule has 0 spiro atoms. The number of carbonyl (C=O) groups excluding carboxylic acids is 1. The van der Waals surface area contributed by atoms with E-state index in [1.165, 1.54) is 30.0 Å². The number of hydrogen-bond donors (Lipinski definition) is 1. The molecule has 1 aromatic carbocycles. The van der Waals surface area contributed by atoms with Gasteiger partial charge in [-0.05, 0) is 43.4 Å². The largest absolute Gasteiger partial charge is 0.319 e. The van der Waals surface area contributed by atoms with Gasteiger partial charge in [-0.15, -0.1) is 0 Å². The molecule has 0 bridgehead atoms. The summed E-state index contributed by atoms with van der Waals surface area (Å²) >= 11 is 17.9. The van der Waals surface area contributed by atoms with Crippen LogP contribution >= 0.6 is 34.8 Å². The lowest BCUT2D eigenvalue weighted by Crippen LogP contribution is -2.40. The standard InChI is InChI=1S/C17H15Cl3N2O/c18-13-7-15(20)16(8-14(13)19)21-17(23)10-22-6-5-11-3-1-2-4-12(11)9-22/h5-9H,1-4,10H2/p+1. The fourth-order valence-corrected chi connectivity index (χ4v) is 3.39. The summed E-state index contributed by atoms with van der Waals surface area (Å²) in [6.45, 7) is 0.226. The molecule has 1 N–H and O–H groups in total. The molecular formula is C17H16Cl3N2O+. The second-order valence-electron chi connectivity index (χ2n) is 5.67. The van der Waals surface area contributed by atoms with Crippen LogP contribution in [0.3, 0.4) is 0 Å². The number of amides is 1. The zero-order valence-electron chi connectivity index (χ0n) is 12.4. The van der Waals surface area contributed by atoms with Crippen molar-refractivity contribution in [2.24, 2.45) is 0 Å². The second-order valence-corrected chi connectivity index (χ2v) is 6.89. The number of anilines is 1. The second kappa shape index (κ2) is 7.08. The van der Waals surface area contributed by atoms with Crippen LogP contribution in [-0.2, 0) is 24.2 Å². The maximum atomic E-state index is 12.2. The molecule has 0 aliphatic heterocycles. The Balaban J connectivity index is 1.71. The smallest absolute Gasteiger partial charge is 0.290 e. The van der Waals surface area contributed by atoms with Crippen molar-refractivity contribution >= 4 is 46.4 Å². The van der Waals surface area contributed by atoms with Crippen LogP contribution in [0.25, 0.3) is 0 Å². The minimum absolute atomic E-state index is 0.161. The SMILES string of the molecule is O=C(C[n+]1ccc2c(c1)CCCC2)Nc1cc(Cl)c(Cl)cc1Cl. The lowest BCUT2D eigenvalue weighted by Gasteiger charge is -2.13. The molecular weight excluding hydrogens is 355 g/mol. The molecule has 1 aromatic heterocycles. The molecule has 0 saturated carbocycles. The van der Waals surface area contributed by atoms with E-state index in [9.17, 15) is 4.79 Å². The summed E-state index contributed by atoms with van der Waals surface area (Å²) in [7, 11) is 0. The Labute approximate surface area is 150 Å². The van der Waals surface area contributed by atoms with E-state index in [0.717, 1.165) is 12.8 Å². The van der Waals surface area contributed by atoms with Gasteiger partial charge >= 0.3 is 0 Å². The highest BCUT2D eigenvalue weighted by atomic mass is 35.5. The molecule has 1 amide bonds. The molecule has 0 radical (unpaired) electrons. The minimum Gasteiger partial charge on any atom is -0.319 e. The van der Waals surface area contributed by atoms with Crippen LogP contribution in [-0.4, -0.2) is 5.91 Å². The highest BCUT2D eigenvalue weighted by Gasteiger charge is 2.17. The van der Waals surface area contributed by atoms with E-state index >= 15 is 0 Å². The van der Waals surface area contributed by atoms with Gasteiger partial charge in [-0.25, -0.2) is 0 Å². The molecule has 0 fully saturated rings. The first-order chi connectivity index (χ1) is 11.0. The highest BCUT2D eigenvalue weighted by molar-refractivity contribution is 6.44. The number of aromatic nitrogens is 1. The molecule has 23 heavy (non-hydrogen) atoms. The number of hydrogen-bond acceptors (Lipinski definition) is 1. The first kappa shape index (κ1) is 16.6. The minimum atomic E-state index is -0.161. The first-order valence-electron chi connectivity index (χ1n) is 7.48. The van der Waals surface area contributed by atoms with Gasteiger partial charge in [0.2, 0.25) is 6.54 Å². The van der Waals surface area contributed by atoms with Crippen molar-refractivity contribution in [3.8, 4) is 0 Å². The van der Waals surface area contributed by atoms with E-state index in [-0.39, 0.29) is 12.5 Å². The number of aryl methyl sites for hydroxylation is 2. The lowest BCUT2D eigenvalue weighted by atomic mass is 9.93. The van der Waals surface area contributed by atoms with Gasteiger partial charge in [0, 0.05) is 11.6 Å². The Bertz CT molecular complexity index is 762. The number of nitrogens with zero attached hydrogens (tertiary/aromatic N) is 1. The average Bonchev–Trinajstić information content (AvgIpc) is 2.52. The number of nitrogens with one attached hydrogen (secondary N) is 1. The van der Waals surface area contributed by atoms with Crippen molar-refractivity contribution in [3.63, 3.8) is 0 Å².